The van der Waals surface area contributed by atoms with Crippen molar-refractivity contribution in [1.82, 2.24) is 15.3 Å². The Hall–Kier alpha value is -2.89. The number of hydrogen-bond acceptors (Lipinski definition) is 4. The van der Waals surface area contributed by atoms with Crippen LogP contribution in [0, 0.1) is 0 Å². The van der Waals surface area contributed by atoms with E-state index >= 15 is 0 Å². The Balaban J connectivity index is 1.74. The van der Waals surface area contributed by atoms with E-state index in [1.165, 1.54) is 6.07 Å². The average Bonchev–Trinajstić information content (AvgIpc) is 3.00. The Labute approximate surface area is 119 Å². The van der Waals surface area contributed by atoms with E-state index in [0.29, 0.717) is 23.9 Å². The Kier molecular flexibility index (Phi) is 3.51. The van der Waals surface area contributed by atoms with Crippen molar-refractivity contribution in [2.75, 3.05) is 6.54 Å². The number of carbonyl (C=O) groups is 1. The van der Waals surface area contributed by atoms with Crippen molar-refractivity contribution in [1.29, 1.82) is 0 Å². The van der Waals surface area contributed by atoms with E-state index in [1.54, 1.807) is 36.8 Å². The highest BCUT2D eigenvalue weighted by Gasteiger charge is 2.11. The van der Waals surface area contributed by atoms with E-state index in [-0.39, 0.29) is 11.2 Å². The number of amides is 1. The van der Waals surface area contributed by atoms with E-state index in [9.17, 15) is 9.59 Å². The highest BCUT2D eigenvalue weighted by molar-refractivity contribution is 5.93. The summed E-state index contributed by atoms with van der Waals surface area (Å²) in [5, 5.41) is 3.17. The molecule has 0 bridgehead atoms. The van der Waals surface area contributed by atoms with Crippen molar-refractivity contribution in [3.63, 3.8) is 0 Å². The minimum Gasteiger partial charge on any atom is -0.451 e. The zero-order chi connectivity index (χ0) is 14.7. The van der Waals surface area contributed by atoms with E-state index in [0.717, 1.165) is 5.69 Å². The molecule has 1 amide bonds. The van der Waals surface area contributed by atoms with Crippen molar-refractivity contribution in [2.45, 2.75) is 6.42 Å². The van der Waals surface area contributed by atoms with E-state index in [4.69, 9.17) is 4.42 Å². The lowest BCUT2D eigenvalue weighted by Gasteiger charge is -2.04. The molecule has 0 aliphatic heterocycles. The molecule has 6 heteroatoms. The molecular weight excluding hydrogens is 270 g/mol. The molecule has 3 rings (SSSR count). The molecule has 2 N–H and O–H groups in total. The third-order valence-electron chi connectivity index (χ3n) is 3.09. The first-order chi connectivity index (χ1) is 10.2. The molecule has 0 atom stereocenters. The lowest BCUT2D eigenvalue weighted by molar-refractivity contribution is 0.0927. The van der Waals surface area contributed by atoms with Crippen LogP contribution in [0.4, 0.5) is 0 Å². The molecule has 0 radical (unpaired) electrons. The number of carbonyl (C=O) groups excluding carboxylic acids is 1. The van der Waals surface area contributed by atoms with Gasteiger partial charge in [-0.25, -0.2) is 4.98 Å². The van der Waals surface area contributed by atoms with Gasteiger partial charge in [-0.05, 0) is 12.1 Å². The van der Waals surface area contributed by atoms with Gasteiger partial charge in [-0.1, -0.05) is 12.1 Å². The number of benzene rings is 1. The van der Waals surface area contributed by atoms with Crippen LogP contribution in [0.1, 0.15) is 16.2 Å². The standard InChI is InChI=1S/C15H13N3O3/c19-12-7-14(21-13-4-2-1-3-11(12)13)15(20)17-6-5-10-8-16-9-18-10/h1-4,7-9H,5-6H2,(H,16,18)(H,17,20). The average molecular weight is 283 g/mol. The second-order valence-corrected chi connectivity index (χ2v) is 4.55. The van der Waals surface area contributed by atoms with Crippen LogP contribution in [-0.4, -0.2) is 22.4 Å². The molecule has 1 aromatic carbocycles. The summed E-state index contributed by atoms with van der Waals surface area (Å²) in [7, 11) is 0. The molecule has 0 saturated heterocycles. The maximum absolute atomic E-state index is 12.0. The highest BCUT2D eigenvalue weighted by atomic mass is 16.3. The van der Waals surface area contributed by atoms with Crippen LogP contribution < -0.4 is 10.7 Å². The number of nitrogens with one attached hydrogen (secondary N) is 2. The monoisotopic (exact) mass is 283 g/mol. The first kappa shape index (κ1) is 13.1. The summed E-state index contributed by atoms with van der Waals surface area (Å²) in [5.74, 6) is -0.388. The van der Waals surface area contributed by atoms with Gasteiger partial charge in [0.25, 0.3) is 5.91 Å². The summed E-state index contributed by atoms with van der Waals surface area (Å²) >= 11 is 0. The summed E-state index contributed by atoms with van der Waals surface area (Å²) in [5.41, 5.74) is 1.11. The van der Waals surface area contributed by atoms with Crippen LogP contribution in [-0.2, 0) is 6.42 Å². The van der Waals surface area contributed by atoms with Gasteiger partial charge in [0, 0.05) is 30.9 Å². The maximum Gasteiger partial charge on any atom is 0.287 e. The van der Waals surface area contributed by atoms with Gasteiger partial charge in [0.1, 0.15) is 5.58 Å². The highest BCUT2D eigenvalue weighted by Crippen LogP contribution is 2.11. The largest absolute Gasteiger partial charge is 0.451 e. The molecule has 21 heavy (non-hydrogen) atoms. The first-order valence-corrected chi connectivity index (χ1v) is 6.52. The molecule has 0 spiro atoms. The zero-order valence-corrected chi connectivity index (χ0v) is 11.1. The third-order valence-corrected chi connectivity index (χ3v) is 3.09. The quantitative estimate of drug-likeness (QED) is 0.759. The molecule has 106 valence electrons. The second kappa shape index (κ2) is 5.62. The third kappa shape index (κ3) is 2.84. The van der Waals surface area contributed by atoms with Gasteiger partial charge in [-0.15, -0.1) is 0 Å². The molecular formula is C15H13N3O3. The number of hydrogen-bond donors (Lipinski definition) is 2. The molecule has 0 saturated carbocycles. The van der Waals surface area contributed by atoms with Gasteiger partial charge >= 0.3 is 0 Å². The van der Waals surface area contributed by atoms with E-state index in [2.05, 4.69) is 15.3 Å². The number of para-hydroxylation sites is 1. The summed E-state index contributed by atoms with van der Waals surface area (Å²) in [6, 6.07) is 8.06. The van der Waals surface area contributed by atoms with Crippen molar-refractivity contribution < 1.29 is 9.21 Å². The van der Waals surface area contributed by atoms with Gasteiger partial charge < -0.3 is 14.7 Å². The van der Waals surface area contributed by atoms with Gasteiger partial charge in [0.05, 0.1) is 11.7 Å². The predicted octanol–water partition coefficient (Wildman–Crippen LogP) is 1.49. The lowest BCUT2D eigenvalue weighted by atomic mass is 10.2. The molecule has 3 aromatic rings. The van der Waals surface area contributed by atoms with Gasteiger partial charge in [0.2, 0.25) is 0 Å². The zero-order valence-electron chi connectivity index (χ0n) is 11.1. The van der Waals surface area contributed by atoms with E-state index < -0.39 is 5.91 Å². The molecule has 6 nitrogen and oxygen atoms in total. The number of aromatic nitrogens is 2. The normalized spacial score (nSPS) is 10.7. The number of aromatic amines is 1. The van der Waals surface area contributed by atoms with Crippen LogP contribution in [0.2, 0.25) is 0 Å². The smallest absolute Gasteiger partial charge is 0.287 e. The van der Waals surface area contributed by atoms with E-state index in [1.807, 2.05) is 0 Å². The van der Waals surface area contributed by atoms with Crippen molar-refractivity contribution >= 4 is 16.9 Å². The summed E-state index contributed by atoms with van der Waals surface area (Å²) in [4.78, 5) is 30.8. The lowest BCUT2D eigenvalue weighted by Crippen LogP contribution is -2.26. The molecule has 2 heterocycles. The van der Waals surface area contributed by atoms with Crippen molar-refractivity contribution in [2.24, 2.45) is 0 Å². The summed E-state index contributed by atoms with van der Waals surface area (Å²) in [6.45, 7) is 0.428. The fourth-order valence-corrected chi connectivity index (χ4v) is 2.04. The van der Waals surface area contributed by atoms with Gasteiger partial charge in [-0.2, -0.15) is 0 Å². The SMILES string of the molecule is O=C(NCCc1cnc[nH]1)c1cc(=O)c2ccccc2o1. The van der Waals surface area contributed by atoms with Crippen molar-refractivity contribution in [3.05, 3.63) is 64.5 Å². The minimum absolute atomic E-state index is 0.0170. The minimum atomic E-state index is -0.405. The Bertz CT molecular complexity index is 822. The summed E-state index contributed by atoms with van der Waals surface area (Å²) in [6.07, 6.45) is 3.91. The molecule has 2 aromatic heterocycles. The van der Waals surface area contributed by atoms with Crippen LogP contribution in [0.3, 0.4) is 0 Å². The second-order valence-electron chi connectivity index (χ2n) is 4.55. The summed E-state index contributed by atoms with van der Waals surface area (Å²) < 4.78 is 5.46. The number of rotatable bonds is 4. The van der Waals surface area contributed by atoms with Crippen LogP contribution in [0.15, 0.2) is 52.1 Å². The van der Waals surface area contributed by atoms with Crippen LogP contribution in [0.5, 0.6) is 0 Å². The topological polar surface area (TPSA) is 88.0 Å². The predicted molar refractivity (Wildman–Crippen MR) is 77.1 cm³/mol. The van der Waals surface area contributed by atoms with Crippen LogP contribution >= 0.6 is 0 Å². The first-order valence-electron chi connectivity index (χ1n) is 6.52. The fraction of sp³-hybridized carbons (Fsp3) is 0.133. The van der Waals surface area contributed by atoms with Crippen LogP contribution in [0.25, 0.3) is 11.0 Å². The van der Waals surface area contributed by atoms with Gasteiger partial charge in [0.15, 0.2) is 11.2 Å². The number of nitrogens with zero attached hydrogens (tertiary/aromatic N) is 1. The van der Waals surface area contributed by atoms with Crippen molar-refractivity contribution in [3.8, 4) is 0 Å². The molecule has 0 unspecified atom stereocenters. The molecule has 0 aliphatic rings. The number of fused-ring (bicyclic) bond motifs is 1. The number of H-pyrrole nitrogens is 1. The maximum atomic E-state index is 12.0. The van der Waals surface area contributed by atoms with Gasteiger partial charge in [-0.3, -0.25) is 9.59 Å². The Morgan fingerprint density at radius 2 is 2.19 bits per heavy atom. The Morgan fingerprint density at radius 1 is 1.33 bits per heavy atom. The molecule has 0 aliphatic carbocycles. The Morgan fingerprint density at radius 3 is 3.00 bits per heavy atom. The number of imidazole rings is 1. The fourth-order valence-electron chi connectivity index (χ4n) is 2.04. The molecule has 0 fully saturated rings.